The molecule has 0 radical (unpaired) electrons. The maximum Gasteiger partial charge on any atom is 0.307 e. The molecule has 1 rings (SSSR count). The molecule has 1 fully saturated rings. The van der Waals surface area contributed by atoms with E-state index < -0.39 is 23.7 Å². The molecule has 0 aromatic carbocycles. The van der Waals surface area contributed by atoms with Crippen LogP contribution in [0.2, 0.25) is 0 Å². The maximum atomic E-state index is 12.0. The van der Waals surface area contributed by atoms with Crippen molar-refractivity contribution in [2.75, 3.05) is 0 Å². The molecule has 102 valence electrons. The van der Waals surface area contributed by atoms with Gasteiger partial charge in [0.1, 0.15) is 0 Å². The fraction of sp³-hybridized carbons (Fsp3) is 0.750. The molecule has 0 heterocycles. The predicted octanol–water partition coefficient (Wildman–Crippen LogP) is 0.257. The van der Waals surface area contributed by atoms with Crippen molar-refractivity contribution < 1.29 is 19.5 Å². The lowest BCUT2D eigenvalue weighted by Gasteiger charge is -2.28. The highest BCUT2D eigenvalue weighted by Crippen LogP contribution is 2.30. The molecule has 6 nitrogen and oxygen atoms in total. The summed E-state index contributed by atoms with van der Waals surface area (Å²) >= 11 is 0. The Balaban J connectivity index is 2.58. The normalized spacial score (nSPS) is 25.2. The number of carboxylic acid groups (broad SMARTS) is 1. The fourth-order valence-corrected chi connectivity index (χ4v) is 2.44. The highest BCUT2D eigenvalue weighted by atomic mass is 16.4. The fourth-order valence-electron chi connectivity index (χ4n) is 2.44. The molecule has 2 amide bonds. The third-order valence-corrected chi connectivity index (χ3v) is 3.32. The summed E-state index contributed by atoms with van der Waals surface area (Å²) in [6, 6.07) is -0.355. The first-order valence-electron chi connectivity index (χ1n) is 6.23. The maximum absolute atomic E-state index is 12.0. The van der Waals surface area contributed by atoms with Crippen LogP contribution in [0.15, 0.2) is 0 Å². The van der Waals surface area contributed by atoms with E-state index in [1.807, 2.05) is 0 Å². The lowest BCUT2D eigenvalue weighted by atomic mass is 9.78. The van der Waals surface area contributed by atoms with Crippen molar-refractivity contribution >= 4 is 17.8 Å². The Bertz CT molecular complexity index is 343. The zero-order chi connectivity index (χ0) is 13.7. The van der Waals surface area contributed by atoms with Crippen molar-refractivity contribution in [3.05, 3.63) is 0 Å². The van der Waals surface area contributed by atoms with Crippen molar-refractivity contribution in [1.29, 1.82) is 0 Å². The monoisotopic (exact) mass is 256 g/mol. The number of carbonyl (C=O) groups excluding carboxylic acids is 2. The lowest BCUT2D eigenvalue weighted by molar-refractivity contribution is -0.149. The summed E-state index contributed by atoms with van der Waals surface area (Å²) < 4.78 is 0. The molecule has 1 saturated carbocycles. The van der Waals surface area contributed by atoms with Gasteiger partial charge in [-0.05, 0) is 19.8 Å². The van der Waals surface area contributed by atoms with Crippen LogP contribution < -0.4 is 11.1 Å². The standard InChI is InChI=1S/C12H20N2O4/c1-7(6-10(13)15)14-11(16)8-4-2-3-5-9(8)12(17)18/h7-9H,2-6H2,1H3,(H2,13,15)(H,14,16)(H,17,18)/t7?,8-,9+/m1/s1. The van der Waals surface area contributed by atoms with E-state index in [1.165, 1.54) is 0 Å². The van der Waals surface area contributed by atoms with E-state index >= 15 is 0 Å². The summed E-state index contributed by atoms with van der Waals surface area (Å²) in [5, 5.41) is 11.7. The van der Waals surface area contributed by atoms with Crippen molar-refractivity contribution in [3.63, 3.8) is 0 Å². The molecule has 4 N–H and O–H groups in total. The summed E-state index contributed by atoms with van der Waals surface area (Å²) in [5.41, 5.74) is 5.04. The van der Waals surface area contributed by atoms with Gasteiger partial charge >= 0.3 is 5.97 Å². The average Bonchev–Trinajstić information content (AvgIpc) is 2.27. The summed E-state index contributed by atoms with van der Waals surface area (Å²) in [4.78, 5) is 33.8. The number of carboxylic acids is 1. The highest BCUT2D eigenvalue weighted by Gasteiger charge is 2.35. The first-order valence-corrected chi connectivity index (χ1v) is 6.23. The molecule has 0 aromatic heterocycles. The Morgan fingerprint density at radius 3 is 2.33 bits per heavy atom. The lowest BCUT2D eigenvalue weighted by Crippen LogP contribution is -2.44. The van der Waals surface area contributed by atoms with Crippen molar-refractivity contribution in [1.82, 2.24) is 5.32 Å². The van der Waals surface area contributed by atoms with E-state index in [-0.39, 0.29) is 18.4 Å². The van der Waals surface area contributed by atoms with Gasteiger partial charge in [-0.2, -0.15) is 0 Å². The van der Waals surface area contributed by atoms with Gasteiger partial charge in [0.25, 0.3) is 0 Å². The number of nitrogens with one attached hydrogen (secondary N) is 1. The molecule has 0 saturated heterocycles. The molecule has 0 spiro atoms. The van der Waals surface area contributed by atoms with Crippen LogP contribution in [-0.2, 0) is 14.4 Å². The van der Waals surface area contributed by atoms with Crippen LogP contribution in [0.1, 0.15) is 39.0 Å². The topological polar surface area (TPSA) is 109 Å². The van der Waals surface area contributed by atoms with Gasteiger partial charge in [-0.25, -0.2) is 0 Å². The van der Waals surface area contributed by atoms with Crippen LogP contribution >= 0.6 is 0 Å². The predicted molar refractivity (Wildman–Crippen MR) is 64.5 cm³/mol. The van der Waals surface area contributed by atoms with E-state index in [9.17, 15) is 14.4 Å². The van der Waals surface area contributed by atoms with Crippen molar-refractivity contribution in [2.45, 2.75) is 45.1 Å². The van der Waals surface area contributed by atoms with Crippen LogP contribution in [0.4, 0.5) is 0 Å². The molecule has 1 unspecified atom stereocenters. The number of aliphatic carboxylic acids is 1. The third kappa shape index (κ3) is 4.01. The molecular weight excluding hydrogens is 236 g/mol. The molecule has 1 aliphatic rings. The Hall–Kier alpha value is -1.59. The number of nitrogens with two attached hydrogens (primary N) is 1. The van der Waals surface area contributed by atoms with E-state index in [1.54, 1.807) is 6.92 Å². The Labute approximate surface area is 106 Å². The van der Waals surface area contributed by atoms with Gasteiger partial charge in [0, 0.05) is 12.5 Å². The van der Waals surface area contributed by atoms with Gasteiger partial charge in [0.05, 0.1) is 11.8 Å². The Morgan fingerprint density at radius 1 is 1.28 bits per heavy atom. The zero-order valence-electron chi connectivity index (χ0n) is 10.5. The molecule has 1 aliphatic carbocycles. The summed E-state index contributed by atoms with van der Waals surface area (Å²) in [6.07, 6.45) is 2.91. The smallest absolute Gasteiger partial charge is 0.307 e. The molecule has 3 atom stereocenters. The van der Waals surface area contributed by atoms with Crippen LogP contribution in [0, 0.1) is 11.8 Å². The van der Waals surface area contributed by atoms with Gasteiger partial charge in [-0.15, -0.1) is 0 Å². The minimum Gasteiger partial charge on any atom is -0.481 e. The van der Waals surface area contributed by atoms with Gasteiger partial charge in [-0.3, -0.25) is 14.4 Å². The number of hydrogen-bond donors (Lipinski definition) is 3. The number of carbonyl (C=O) groups is 3. The number of hydrogen-bond acceptors (Lipinski definition) is 3. The second kappa shape index (κ2) is 6.37. The minimum atomic E-state index is -0.919. The van der Waals surface area contributed by atoms with Crippen LogP contribution in [0.5, 0.6) is 0 Å². The first-order chi connectivity index (χ1) is 8.41. The molecule has 6 heteroatoms. The van der Waals surface area contributed by atoms with E-state index in [0.29, 0.717) is 12.8 Å². The molecule has 0 bridgehead atoms. The zero-order valence-corrected chi connectivity index (χ0v) is 10.5. The van der Waals surface area contributed by atoms with Crippen molar-refractivity contribution in [3.8, 4) is 0 Å². The van der Waals surface area contributed by atoms with Crippen LogP contribution in [0.25, 0.3) is 0 Å². The van der Waals surface area contributed by atoms with Gasteiger partial charge in [0.2, 0.25) is 11.8 Å². The Kier molecular flexibility index (Phi) is 5.12. The number of amides is 2. The first kappa shape index (κ1) is 14.5. The van der Waals surface area contributed by atoms with E-state index in [4.69, 9.17) is 10.8 Å². The van der Waals surface area contributed by atoms with Crippen LogP contribution in [0.3, 0.4) is 0 Å². The highest BCUT2D eigenvalue weighted by molar-refractivity contribution is 5.85. The van der Waals surface area contributed by atoms with Gasteiger partial charge in [0.15, 0.2) is 0 Å². The number of primary amides is 1. The average molecular weight is 256 g/mol. The van der Waals surface area contributed by atoms with Gasteiger partial charge < -0.3 is 16.2 Å². The third-order valence-electron chi connectivity index (χ3n) is 3.32. The van der Waals surface area contributed by atoms with Crippen LogP contribution in [-0.4, -0.2) is 28.9 Å². The second-order valence-electron chi connectivity index (χ2n) is 4.92. The molecule has 0 aromatic rings. The molecular formula is C12H20N2O4. The van der Waals surface area contributed by atoms with Crippen molar-refractivity contribution in [2.24, 2.45) is 17.6 Å². The Morgan fingerprint density at radius 2 is 1.83 bits per heavy atom. The summed E-state index contributed by atoms with van der Waals surface area (Å²) in [5.74, 6) is -2.79. The largest absolute Gasteiger partial charge is 0.481 e. The van der Waals surface area contributed by atoms with Gasteiger partial charge in [-0.1, -0.05) is 12.8 Å². The number of rotatable bonds is 5. The quantitative estimate of drug-likeness (QED) is 0.655. The molecule has 18 heavy (non-hydrogen) atoms. The SMILES string of the molecule is CC(CC(N)=O)NC(=O)[C@@H]1CCCC[C@@H]1C(=O)O. The molecule has 0 aliphatic heterocycles. The van der Waals surface area contributed by atoms with E-state index in [2.05, 4.69) is 5.32 Å². The van der Waals surface area contributed by atoms with E-state index in [0.717, 1.165) is 12.8 Å². The summed E-state index contributed by atoms with van der Waals surface area (Å²) in [7, 11) is 0. The summed E-state index contributed by atoms with van der Waals surface area (Å²) in [6.45, 7) is 1.68. The second-order valence-corrected chi connectivity index (χ2v) is 4.92. The minimum absolute atomic E-state index is 0.0657.